The highest BCUT2D eigenvalue weighted by Gasteiger charge is 2.30. The van der Waals surface area contributed by atoms with Crippen molar-refractivity contribution in [1.82, 2.24) is 19.6 Å². The molecule has 0 aliphatic carbocycles. The molecule has 1 aromatic carbocycles. The van der Waals surface area contributed by atoms with Gasteiger partial charge in [-0.3, -0.25) is 9.69 Å². The van der Waals surface area contributed by atoms with Crippen LogP contribution in [0.4, 0.5) is 0 Å². The Bertz CT molecular complexity index is 861. The van der Waals surface area contributed by atoms with E-state index >= 15 is 0 Å². The molecular weight excluding hydrogens is 376 g/mol. The summed E-state index contributed by atoms with van der Waals surface area (Å²) in [5.41, 5.74) is 3.47. The quantitative estimate of drug-likeness (QED) is 0.775. The van der Waals surface area contributed by atoms with Crippen molar-refractivity contribution in [3.05, 3.63) is 47.3 Å². The number of morpholine rings is 1. The number of benzene rings is 1. The maximum Gasteiger partial charge on any atom is 0.257 e. The van der Waals surface area contributed by atoms with Gasteiger partial charge >= 0.3 is 0 Å². The van der Waals surface area contributed by atoms with Crippen molar-refractivity contribution < 1.29 is 9.53 Å². The Hall–Kier alpha value is -2.18. The van der Waals surface area contributed by atoms with Crippen LogP contribution >= 0.6 is 0 Å². The third-order valence-electron chi connectivity index (χ3n) is 6.42. The van der Waals surface area contributed by atoms with Crippen LogP contribution < -0.4 is 0 Å². The number of likely N-dealkylation sites (tertiary alicyclic amines) is 1. The van der Waals surface area contributed by atoms with Gasteiger partial charge in [0.25, 0.3) is 5.91 Å². The second kappa shape index (κ2) is 8.90. The van der Waals surface area contributed by atoms with E-state index in [0.29, 0.717) is 18.1 Å². The number of aromatic nitrogens is 2. The Morgan fingerprint density at radius 2 is 1.70 bits per heavy atom. The summed E-state index contributed by atoms with van der Waals surface area (Å²) in [5, 5.41) is 4.65. The minimum atomic E-state index is 0.124. The molecule has 2 aliphatic rings. The SMILES string of the molecule is Cc1nn(-c2ccccc2)c(C)c1C(=O)N1CCC(CN2CC(C)OC(C)C2)CC1. The van der Waals surface area contributed by atoms with E-state index in [-0.39, 0.29) is 5.91 Å². The molecule has 0 bridgehead atoms. The van der Waals surface area contributed by atoms with E-state index in [0.717, 1.165) is 68.2 Å². The number of aryl methyl sites for hydroxylation is 1. The minimum Gasteiger partial charge on any atom is -0.373 e. The van der Waals surface area contributed by atoms with Crippen molar-refractivity contribution in [2.45, 2.75) is 52.7 Å². The molecule has 0 spiro atoms. The van der Waals surface area contributed by atoms with Gasteiger partial charge in [-0.05, 0) is 58.6 Å². The smallest absolute Gasteiger partial charge is 0.257 e. The molecule has 0 N–H and O–H groups in total. The van der Waals surface area contributed by atoms with Crippen molar-refractivity contribution >= 4 is 5.91 Å². The van der Waals surface area contributed by atoms with Gasteiger partial charge in [0.15, 0.2) is 0 Å². The average Bonchev–Trinajstić information content (AvgIpc) is 3.02. The zero-order chi connectivity index (χ0) is 21.3. The van der Waals surface area contributed by atoms with Crippen LogP contribution in [0, 0.1) is 19.8 Å². The molecule has 0 saturated carbocycles. The van der Waals surface area contributed by atoms with Crippen molar-refractivity contribution in [3.63, 3.8) is 0 Å². The minimum absolute atomic E-state index is 0.124. The topological polar surface area (TPSA) is 50.6 Å². The van der Waals surface area contributed by atoms with Gasteiger partial charge < -0.3 is 9.64 Å². The fourth-order valence-corrected chi connectivity index (χ4v) is 5.05. The van der Waals surface area contributed by atoms with Gasteiger partial charge in [0.05, 0.1) is 34.8 Å². The lowest BCUT2D eigenvalue weighted by atomic mass is 9.95. The maximum atomic E-state index is 13.3. The van der Waals surface area contributed by atoms with Crippen LogP contribution in [-0.4, -0.2) is 70.4 Å². The van der Waals surface area contributed by atoms with E-state index < -0.39 is 0 Å². The standard InChI is InChI=1S/C24H34N4O2/c1-17-14-26(15-18(2)30-17)16-21-10-12-27(13-11-21)24(29)23-19(3)25-28(20(23)4)22-8-6-5-7-9-22/h5-9,17-18,21H,10-16H2,1-4H3. The summed E-state index contributed by atoms with van der Waals surface area (Å²) in [6, 6.07) is 10.0. The molecule has 4 rings (SSSR count). The van der Waals surface area contributed by atoms with Gasteiger partial charge in [-0.1, -0.05) is 18.2 Å². The molecule has 2 fully saturated rings. The fourth-order valence-electron chi connectivity index (χ4n) is 5.05. The van der Waals surface area contributed by atoms with Crippen molar-refractivity contribution in [1.29, 1.82) is 0 Å². The summed E-state index contributed by atoms with van der Waals surface area (Å²) in [5.74, 6) is 0.778. The molecule has 1 amide bonds. The maximum absolute atomic E-state index is 13.3. The Morgan fingerprint density at radius 3 is 2.33 bits per heavy atom. The molecule has 1 aromatic heterocycles. The summed E-state index contributed by atoms with van der Waals surface area (Å²) >= 11 is 0. The van der Waals surface area contributed by atoms with Crippen molar-refractivity contribution in [2.24, 2.45) is 5.92 Å². The van der Waals surface area contributed by atoms with E-state index in [1.807, 2.05) is 53.8 Å². The summed E-state index contributed by atoms with van der Waals surface area (Å²) in [6.45, 7) is 13.0. The van der Waals surface area contributed by atoms with E-state index in [1.54, 1.807) is 0 Å². The molecule has 2 atom stereocenters. The largest absolute Gasteiger partial charge is 0.373 e. The van der Waals surface area contributed by atoms with Crippen LogP contribution in [0.5, 0.6) is 0 Å². The van der Waals surface area contributed by atoms with E-state index in [4.69, 9.17) is 4.74 Å². The Balaban J connectivity index is 1.38. The van der Waals surface area contributed by atoms with E-state index in [9.17, 15) is 4.79 Å². The summed E-state index contributed by atoms with van der Waals surface area (Å²) in [7, 11) is 0. The van der Waals surface area contributed by atoms with Crippen LogP contribution in [0.15, 0.2) is 30.3 Å². The van der Waals surface area contributed by atoms with Crippen LogP contribution in [0.3, 0.4) is 0 Å². The second-order valence-electron chi connectivity index (χ2n) is 9.00. The molecule has 162 valence electrons. The number of nitrogens with zero attached hydrogens (tertiary/aromatic N) is 4. The number of hydrogen-bond donors (Lipinski definition) is 0. The first kappa shape index (κ1) is 21.1. The molecule has 2 aliphatic heterocycles. The molecule has 2 aromatic rings. The number of piperidine rings is 1. The Labute approximate surface area is 179 Å². The zero-order valence-corrected chi connectivity index (χ0v) is 18.7. The Kier molecular flexibility index (Phi) is 6.25. The number of hydrogen-bond acceptors (Lipinski definition) is 4. The highest BCUT2D eigenvalue weighted by Crippen LogP contribution is 2.25. The molecule has 3 heterocycles. The molecule has 30 heavy (non-hydrogen) atoms. The van der Waals surface area contributed by atoms with Gasteiger partial charge in [0.1, 0.15) is 0 Å². The van der Waals surface area contributed by atoms with Gasteiger partial charge in [0, 0.05) is 32.7 Å². The van der Waals surface area contributed by atoms with Crippen molar-refractivity contribution in [3.8, 4) is 5.69 Å². The molecule has 2 saturated heterocycles. The first-order chi connectivity index (χ1) is 14.4. The number of ether oxygens (including phenoxy) is 1. The van der Waals surface area contributed by atoms with Gasteiger partial charge in [0.2, 0.25) is 0 Å². The van der Waals surface area contributed by atoms with Gasteiger partial charge in [-0.15, -0.1) is 0 Å². The van der Waals surface area contributed by atoms with E-state index in [2.05, 4.69) is 23.8 Å². The highest BCUT2D eigenvalue weighted by molar-refractivity contribution is 5.96. The number of amides is 1. The molecule has 6 nitrogen and oxygen atoms in total. The second-order valence-corrected chi connectivity index (χ2v) is 9.00. The Morgan fingerprint density at radius 1 is 1.07 bits per heavy atom. The predicted octanol–water partition coefficient (Wildman–Crippen LogP) is 3.45. The normalized spacial score (nSPS) is 23.7. The first-order valence-electron chi connectivity index (χ1n) is 11.2. The van der Waals surface area contributed by atoms with Crippen LogP contribution in [0.2, 0.25) is 0 Å². The first-order valence-corrected chi connectivity index (χ1v) is 11.2. The number of para-hydroxylation sites is 1. The number of rotatable bonds is 4. The van der Waals surface area contributed by atoms with Gasteiger partial charge in [-0.2, -0.15) is 5.10 Å². The van der Waals surface area contributed by atoms with Gasteiger partial charge in [-0.25, -0.2) is 4.68 Å². The zero-order valence-electron chi connectivity index (χ0n) is 18.7. The number of carbonyl (C=O) groups is 1. The molecule has 2 unspecified atom stereocenters. The third-order valence-corrected chi connectivity index (χ3v) is 6.42. The molecule has 6 heteroatoms. The average molecular weight is 411 g/mol. The molecular formula is C24H34N4O2. The lowest BCUT2D eigenvalue weighted by Gasteiger charge is -2.39. The predicted molar refractivity (Wildman–Crippen MR) is 118 cm³/mol. The fraction of sp³-hybridized carbons (Fsp3) is 0.583. The summed E-state index contributed by atoms with van der Waals surface area (Å²) in [6.07, 6.45) is 2.75. The lowest BCUT2D eigenvalue weighted by Crippen LogP contribution is -2.48. The van der Waals surface area contributed by atoms with Crippen LogP contribution in [0.1, 0.15) is 48.4 Å². The lowest BCUT2D eigenvalue weighted by molar-refractivity contribution is -0.0728. The number of carbonyl (C=O) groups excluding carboxylic acids is 1. The van der Waals surface area contributed by atoms with Crippen LogP contribution in [-0.2, 0) is 4.74 Å². The van der Waals surface area contributed by atoms with Crippen LogP contribution in [0.25, 0.3) is 5.69 Å². The monoisotopic (exact) mass is 410 g/mol. The summed E-state index contributed by atoms with van der Waals surface area (Å²) in [4.78, 5) is 17.9. The highest BCUT2D eigenvalue weighted by atomic mass is 16.5. The molecule has 0 radical (unpaired) electrons. The third kappa shape index (κ3) is 4.44. The van der Waals surface area contributed by atoms with Crippen molar-refractivity contribution in [2.75, 3.05) is 32.7 Å². The van der Waals surface area contributed by atoms with E-state index in [1.165, 1.54) is 0 Å². The summed E-state index contributed by atoms with van der Waals surface area (Å²) < 4.78 is 7.74.